The second-order valence-corrected chi connectivity index (χ2v) is 8.56. The second kappa shape index (κ2) is 5.84. The highest BCUT2D eigenvalue weighted by Gasteiger charge is 2.32. The van der Waals surface area contributed by atoms with Gasteiger partial charge in [0.15, 0.2) is 0 Å². The number of hydrogen-bond acceptors (Lipinski definition) is 2. The van der Waals surface area contributed by atoms with Crippen LogP contribution in [0.4, 0.5) is 0 Å². The number of piperidine rings is 1. The van der Waals surface area contributed by atoms with Gasteiger partial charge in [-0.3, -0.25) is 0 Å². The summed E-state index contributed by atoms with van der Waals surface area (Å²) in [6.45, 7) is 4.50. The molecule has 0 aromatic heterocycles. The summed E-state index contributed by atoms with van der Waals surface area (Å²) in [5.41, 5.74) is 0.923. The molecule has 3 nitrogen and oxygen atoms in total. The van der Waals surface area contributed by atoms with Crippen molar-refractivity contribution in [3.63, 3.8) is 0 Å². The molecular formula is C13H17Br2NO2S. The van der Waals surface area contributed by atoms with Gasteiger partial charge in [0.05, 0.1) is 4.90 Å². The van der Waals surface area contributed by atoms with Gasteiger partial charge in [-0.25, -0.2) is 8.42 Å². The van der Waals surface area contributed by atoms with Crippen molar-refractivity contribution < 1.29 is 8.42 Å². The Hall–Kier alpha value is 0.0900. The topological polar surface area (TPSA) is 37.4 Å². The van der Waals surface area contributed by atoms with Crippen LogP contribution in [0.25, 0.3) is 0 Å². The monoisotopic (exact) mass is 409 g/mol. The number of rotatable bonds is 2. The zero-order valence-electron chi connectivity index (χ0n) is 11.0. The molecule has 1 atom stereocenters. The van der Waals surface area contributed by atoms with Gasteiger partial charge in [-0.2, -0.15) is 4.31 Å². The summed E-state index contributed by atoms with van der Waals surface area (Å²) in [5, 5.41) is 0. The van der Waals surface area contributed by atoms with E-state index in [1.807, 2.05) is 13.8 Å². The van der Waals surface area contributed by atoms with E-state index in [1.54, 1.807) is 16.4 Å². The molecule has 0 saturated carbocycles. The second-order valence-electron chi connectivity index (χ2n) is 4.99. The third-order valence-electron chi connectivity index (χ3n) is 3.54. The summed E-state index contributed by atoms with van der Waals surface area (Å²) in [6.07, 6.45) is 2.98. The minimum Gasteiger partial charge on any atom is -0.207 e. The molecule has 1 aromatic rings. The molecule has 6 heteroatoms. The Morgan fingerprint density at radius 3 is 2.53 bits per heavy atom. The van der Waals surface area contributed by atoms with Gasteiger partial charge in [-0.1, -0.05) is 22.4 Å². The molecule has 19 heavy (non-hydrogen) atoms. The molecule has 1 aromatic carbocycles. The van der Waals surface area contributed by atoms with E-state index in [1.165, 1.54) is 0 Å². The van der Waals surface area contributed by atoms with Crippen molar-refractivity contribution in [3.8, 4) is 0 Å². The SMILES string of the molecule is Cc1cc(S(=O)(=O)N2CCCCC2C)c(Br)cc1Br. The Morgan fingerprint density at radius 1 is 1.21 bits per heavy atom. The fourth-order valence-electron chi connectivity index (χ4n) is 2.38. The fraction of sp³-hybridized carbons (Fsp3) is 0.538. The molecule has 0 amide bonds. The Morgan fingerprint density at radius 2 is 1.89 bits per heavy atom. The molecule has 1 aliphatic heterocycles. The van der Waals surface area contributed by atoms with Crippen molar-refractivity contribution >= 4 is 41.9 Å². The van der Waals surface area contributed by atoms with Crippen LogP contribution in [-0.4, -0.2) is 25.3 Å². The molecule has 0 spiro atoms. The number of aryl methyl sites for hydroxylation is 1. The highest BCUT2D eigenvalue weighted by Crippen LogP contribution is 2.33. The van der Waals surface area contributed by atoms with Crippen LogP contribution in [0, 0.1) is 6.92 Å². The van der Waals surface area contributed by atoms with Crippen LogP contribution in [0.15, 0.2) is 26.0 Å². The van der Waals surface area contributed by atoms with Gasteiger partial charge < -0.3 is 0 Å². The fourth-order valence-corrected chi connectivity index (χ4v) is 5.82. The van der Waals surface area contributed by atoms with Gasteiger partial charge in [0.25, 0.3) is 0 Å². The minimum atomic E-state index is -3.42. The zero-order valence-corrected chi connectivity index (χ0v) is 15.0. The first-order valence-electron chi connectivity index (χ1n) is 6.31. The van der Waals surface area contributed by atoms with Gasteiger partial charge in [-0.15, -0.1) is 0 Å². The van der Waals surface area contributed by atoms with Crippen molar-refractivity contribution in [3.05, 3.63) is 26.6 Å². The first-order valence-corrected chi connectivity index (χ1v) is 9.34. The van der Waals surface area contributed by atoms with Crippen LogP contribution >= 0.6 is 31.9 Å². The quantitative estimate of drug-likeness (QED) is 0.736. The third kappa shape index (κ3) is 3.06. The zero-order chi connectivity index (χ0) is 14.2. The molecular weight excluding hydrogens is 394 g/mol. The first kappa shape index (κ1) is 15.5. The third-order valence-corrected chi connectivity index (χ3v) is 7.37. The van der Waals surface area contributed by atoms with Crippen LogP contribution in [0.1, 0.15) is 31.7 Å². The molecule has 0 bridgehead atoms. The minimum absolute atomic E-state index is 0.0783. The summed E-state index contributed by atoms with van der Waals surface area (Å²) in [6, 6.07) is 3.61. The summed E-state index contributed by atoms with van der Waals surface area (Å²) >= 11 is 6.78. The van der Waals surface area contributed by atoms with E-state index < -0.39 is 10.0 Å². The van der Waals surface area contributed by atoms with Crippen molar-refractivity contribution in [2.45, 2.75) is 44.0 Å². The van der Waals surface area contributed by atoms with Crippen molar-refractivity contribution in [2.24, 2.45) is 0 Å². The summed E-state index contributed by atoms with van der Waals surface area (Å²) in [5.74, 6) is 0. The van der Waals surface area contributed by atoms with Crippen LogP contribution in [0.5, 0.6) is 0 Å². The average molecular weight is 411 g/mol. The van der Waals surface area contributed by atoms with Crippen molar-refractivity contribution in [1.29, 1.82) is 0 Å². The van der Waals surface area contributed by atoms with Crippen molar-refractivity contribution in [1.82, 2.24) is 4.31 Å². The lowest BCUT2D eigenvalue weighted by molar-refractivity contribution is 0.268. The lowest BCUT2D eigenvalue weighted by Crippen LogP contribution is -2.42. The lowest BCUT2D eigenvalue weighted by atomic mass is 10.1. The van der Waals surface area contributed by atoms with Gasteiger partial charge in [-0.05, 0) is 60.3 Å². The van der Waals surface area contributed by atoms with Gasteiger partial charge in [0.2, 0.25) is 10.0 Å². The largest absolute Gasteiger partial charge is 0.244 e. The van der Waals surface area contributed by atoms with E-state index in [9.17, 15) is 8.42 Å². The lowest BCUT2D eigenvalue weighted by Gasteiger charge is -2.32. The predicted molar refractivity (Wildman–Crippen MR) is 83.8 cm³/mol. The number of nitrogens with zero attached hydrogens (tertiary/aromatic N) is 1. The Kier molecular flexibility index (Phi) is 4.75. The van der Waals surface area contributed by atoms with Crippen LogP contribution in [-0.2, 0) is 10.0 Å². The van der Waals surface area contributed by atoms with Crippen LogP contribution < -0.4 is 0 Å². The van der Waals surface area contributed by atoms with E-state index in [0.717, 1.165) is 29.3 Å². The maximum absolute atomic E-state index is 12.8. The number of halogens is 2. The Labute approximate surface area is 131 Å². The average Bonchev–Trinajstić information content (AvgIpc) is 2.34. The van der Waals surface area contributed by atoms with Gasteiger partial charge in [0, 0.05) is 21.5 Å². The van der Waals surface area contributed by atoms with Gasteiger partial charge >= 0.3 is 0 Å². The standard InChI is InChI=1S/C13H17Br2NO2S/c1-9-7-13(12(15)8-11(9)14)19(17,18)16-6-4-3-5-10(16)2/h7-8,10H,3-6H2,1-2H3. The summed E-state index contributed by atoms with van der Waals surface area (Å²) < 4.78 is 28.7. The molecule has 1 saturated heterocycles. The highest BCUT2D eigenvalue weighted by molar-refractivity contribution is 9.11. The van der Waals surface area contributed by atoms with E-state index in [0.29, 0.717) is 15.9 Å². The first-order chi connectivity index (χ1) is 8.84. The molecule has 0 radical (unpaired) electrons. The Balaban J connectivity index is 2.47. The maximum Gasteiger partial charge on any atom is 0.244 e. The van der Waals surface area contributed by atoms with Crippen LogP contribution in [0.3, 0.4) is 0 Å². The molecule has 1 unspecified atom stereocenters. The number of benzene rings is 1. The van der Waals surface area contributed by atoms with Crippen LogP contribution in [0.2, 0.25) is 0 Å². The number of hydrogen-bond donors (Lipinski definition) is 0. The summed E-state index contributed by atoms with van der Waals surface area (Å²) in [7, 11) is -3.42. The van der Waals surface area contributed by atoms with E-state index in [-0.39, 0.29) is 6.04 Å². The maximum atomic E-state index is 12.8. The van der Waals surface area contributed by atoms with E-state index in [4.69, 9.17) is 0 Å². The molecule has 0 N–H and O–H groups in total. The highest BCUT2D eigenvalue weighted by atomic mass is 79.9. The van der Waals surface area contributed by atoms with Crippen molar-refractivity contribution in [2.75, 3.05) is 6.54 Å². The van der Waals surface area contributed by atoms with Gasteiger partial charge in [0.1, 0.15) is 0 Å². The summed E-state index contributed by atoms with van der Waals surface area (Å²) in [4.78, 5) is 0.363. The van der Waals surface area contributed by atoms with E-state index >= 15 is 0 Å². The molecule has 0 aliphatic carbocycles. The Bertz CT molecular complexity index is 587. The predicted octanol–water partition coefficient (Wildman–Crippen LogP) is 4.08. The smallest absolute Gasteiger partial charge is 0.207 e. The molecule has 2 rings (SSSR count). The normalized spacial score (nSPS) is 21.6. The molecule has 1 aliphatic rings. The molecule has 106 valence electrons. The van der Waals surface area contributed by atoms with E-state index in [2.05, 4.69) is 31.9 Å². The molecule has 1 fully saturated rings. The number of sulfonamides is 1. The molecule has 1 heterocycles.